The largest absolute Gasteiger partial charge is 0.344 e. The molecule has 1 aromatic rings. The Balaban J connectivity index is 2.81. The number of carbonyl (C=O) groups is 2. The monoisotopic (exact) mass is 341 g/mol. The van der Waals surface area contributed by atoms with Gasteiger partial charge in [-0.05, 0) is 34.1 Å². The molecule has 1 unspecified atom stereocenters. The SMILES string of the molecule is CC(=O)NC(CS)C(=O)Nc1ccc(C#N)cc1Br. The average Bonchev–Trinajstić information content (AvgIpc) is 2.37. The smallest absolute Gasteiger partial charge is 0.247 e. The molecule has 19 heavy (non-hydrogen) atoms. The summed E-state index contributed by atoms with van der Waals surface area (Å²) in [7, 11) is 0. The molecule has 1 atom stereocenters. The van der Waals surface area contributed by atoms with Gasteiger partial charge in [-0.2, -0.15) is 17.9 Å². The minimum Gasteiger partial charge on any atom is -0.344 e. The van der Waals surface area contributed by atoms with Gasteiger partial charge in [0.1, 0.15) is 6.04 Å². The summed E-state index contributed by atoms with van der Waals surface area (Å²) in [6, 6.07) is 6.10. The van der Waals surface area contributed by atoms with Crippen molar-refractivity contribution in [3.63, 3.8) is 0 Å². The van der Waals surface area contributed by atoms with Crippen LogP contribution in [0.25, 0.3) is 0 Å². The predicted molar refractivity (Wildman–Crippen MR) is 78.9 cm³/mol. The molecule has 7 heteroatoms. The molecule has 5 nitrogen and oxygen atoms in total. The van der Waals surface area contributed by atoms with E-state index < -0.39 is 6.04 Å². The van der Waals surface area contributed by atoms with Crippen molar-refractivity contribution in [2.75, 3.05) is 11.1 Å². The maximum absolute atomic E-state index is 11.9. The lowest BCUT2D eigenvalue weighted by atomic mass is 10.2. The van der Waals surface area contributed by atoms with Crippen LogP contribution in [0.15, 0.2) is 22.7 Å². The number of thiol groups is 1. The number of amides is 2. The third kappa shape index (κ3) is 4.58. The van der Waals surface area contributed by atoms with E-state index in [-0.39, 0.29) is 17.6 Å². The van der Waals surface area contributed by atoms with Crippen LogP contribution in [0.5, 0.6) is 0 Å². The number of benzene rings is 1. The number of halogens is 1. The zero-order valence-electron chi connectivity index (χ0n) is 10.1. The van der Waals surface area contributed by atoms with Gasteiger partial charge in [0.05, 0.1) is 17.3 Å². The fraction of sp³-hybridized carbons (Fsp3) is 0.250. The number of anilines is 1. The molecule has 0 aliphatic heterocycles. The van der Waals surface area contributed by atoms with E-state index in [0.717, 1.165) is 0 Å². The topological polar surface area (TPSA) is 82.0 Å². The molecule has 0 radical (unpaired) electrons. The van der Waals surface area contributed by atoms with Crippen LogP contribution in [-0.4, -0.2) is 23.6 Å². The van der Waals surface area contributed by atoms with Gasteiger partial charge in [0.25, 0.3) is 0 Å². The quantitative estimate of drug-likeness (QED) is 0.729. The van der Waals surface area contributed by atoms with Crippen LogP contribution in [0.2, 0.25) is 0 Å². The highest BCUT2D eigenvalue weighted by Gasteiger charge is 2.18. The predicted octanol–water partition coefficient (Wildman–Crippen LogP) is 1.69. The van der Waals surface area contributed by atoms with Crippen molar-refractivity contribution in [1.82, 2.24) is 5.32 Å². The van der Waals surface area contributed by atoms with Gasteiger partial charge in [-0.3, -0.25) is 9.59 Å². The van der Waals surface area contributed by atoms with Crippen LogP contribution in [0, 0.1) is 11.3 Å². The second-order valence-corrected chi connectivity index (χ2v) is 4.95. The van der Waals surface area contributed by atoms with Crippen LogP contribution >= 0.6 is 28.6 Å². The summed E-state index contributed by atoms with van der Waals surface area (Å²) in [4.78, 5) is 22.9. The summed E-state index contributed by atoms with van der Waals surface area (Å²) in [6.07, 6.45) is 0. The number of nitriles is 1. The highest BCUT2D eigenvalue weighted by atomic mass is 79.9. The summed E-state index contributed by atoms with van der Waals surface area (Å²) in [5.74, 6) is -0.469. The average molecular weight is 342 g/mol. The van der Waals surface area contributed by atoms with E-state index in [1.54, 1.807) is 18.2 Å². The molecule has 0 saturated carbocycles. The normalized spacial score (nSPS) is 11.3. The van der Waals surface area contributed by atoms with Gasteiger partial charge in [-0.15, -0.1) is 0 Å². The molecular weight excluding hydrogens is 330 g/mol. The Kier molecular flexibility index (Phi) is 5.86. The molecule has 1 rings (SSSR count). The zero-order valence-corrected chi connectivity index (χ0v) is 12.6. The van der Waals surface area contributed by atoms with Gasteiger partial charge < -0.3 is 10.6 Å². The Hall–Kier alpha value is -1.52. The molecule has 0 saturated heterocycles. The summed E-state index contributed by atoms with van der Waals surface area (Å²) in [6.45, 7) is 1.33. The number of hydrogen-bond acceptors (Lipinski definition) is 4. The number of hydrogen-bond donors (Lipinski definition) is 3. The van der Waals surface area contributed by atoms with E-state index in [1.807, 2.05) is 6.07 Å². The van der Waals surface area contributed by atoms with Crippen LogP contribution < -0.4 is 10.6 Å². The molecule has 0 bridgehead atoms. The lowest BCUT2D eigenvalue weighted by Crippen LogP contribution is -2.44. The lowest BCUT2D eigenvalue weighted by Gasteiger charge is -2.16. The number of nitrogens with zero attached hydrogens (tertiary/aromatic N) is 1. The van der Waals surface area contributed by atoms with Crippen molar-refractivity contribution >= 4 is 46.1 Å². The van der Waals surface area contributed by atoms with Gasteiger partial charge in [0.2, 0.25) is 11.8 Å². The first kappa shape index (κ1) is 15.5. The standard InChI is InChI=1S/C12H12BrN3O2S/c1-7(17)15-11(6-19)12(18)16-10-3-2-8(5-14)4-9(10)13/h2-4,11,19H,6H2,1H3,(H,15,17)(H,16,18). The van der Waals surface area contributed by atoms with E-state index in [9.17, 15) is 9.59 Å². The first-order valence-electron chi connectivity index (χ1n) is 5.36. The second-order valence-electron chi connectivity index (χ2n) is 3.73. The fourth-order valence-electron chi connectivity index (χ4n) is 1.35. The molecule has 0 aliphatic rings. The van der Waals surface area contributed by atoms with Crippen LogP contribution in [0.3, 0.4) is 0 Å². The van der Waals surface area contributed by atoms with Crippen molar-refractivity contribution in [2.45, 2.75) is 13.0 Å². The van der Waals surface area contributed by atoms with E-state index in [1.165, 1.54) is 6.92 Å². The minimum absolute atomic E-state index is 0.194. The summed E-state index contributed by atoms with van der Waals surface area (Å²) < 4.78 is 0.598. The van der Waals surface area contributed by atoms with E-state index in [2.05, 4.69) is 39.2 Å². The molecule has 2 N–H and O–H groups in total. The maximum atomic E-state index is 11.9. The number of carbonyl (C=O) groups excluding carboxylic acids is 2. The molecule has 0 fully saturated rings. The lowest BCUT2D eigenvalue weighted by molar-refractivity contribution is -0.124. The summed E-state index contributed by atoms with van der Waals surface area (Å²) in [5.41, 5.74) is 1.01. The van der Waals surface area contributed by atoms with Gasteiger partial charge in [-0.1, -0.05) is 0 Å². The van der Waals surface area contributed by atoms with Gasteiger partial charge in [-0.25, -0.2) is 0 Å². The van der Waals surface area contributed by atoms with Gasteiger partial charge in [0.15, 0.2) is 0 Å². The number of nitrogens with one attached hydrogen (secondary N) is 2. The third-order valence-corrected chi connectivity index (χ3v) is 3.25. The van der Waals surface area contributed by atoms with Crippen molar-refractivity contribution in [3.8, 4) is 6.07 Å². The molecule has 0 heterocycles. The summed E-state index contributed by atoms with van der Waals surface area (Å²) >= 11 is 7.29. The number of rotatable bonds is 4. The Morgan fingerprint density at radius 1 is 1.53 bits per heavy atom. The highest BCUT2D eigenvalue weighted by Crippen LogP contribution is 2.23. The van der Waals surface area contributed by atoms with Crippen molar-refractivity contribution in [1.29, 1.82) is 5.26 Å². The molecule has 2 amide bonds. The van der Waals surface area contributed by atoms with E-state index >= 15 is 0 Å². The second kappa shape index (κ2) is 7.16. The highest BCUT2D eigenvalue weighted by molar-refractivity contribution is 9.10. The zero-order chi connectivity index (χ0) is 14.4. The van der Waals surface area contributed by atoms with Gasteiger partial charge >= 0.3 is 0 Å². The third-order valence-electron chi connectivity index (χ3n) is 2.23. The molecule has 1 aromatic carbocycles. The molecule has 0 aliphatic carbocycles. The Labute approximate surface area is 124 Å². The molecule has 100 valence electrons. The van der Waals surface area contributed by atoms with Crippen LogP contribution in [-0.2, 0) is 9.59 Å². The van der Waals surface area contributed by atoms with Crippen molar-refractivity contribution < 1.29 is 9.59 Å². The Morgan fingerprint density at radius 2 is 2.21 bits per heavy atom. The summed E-state index contributed by atoms with van der Waals surface area (Å²) in [5, 5.41) is 13.9. The van der Waals surface area contributed by atoms with Crippen molar-refractivity contribution in [3.05, 3.63) is 28.2 Å². The van der Waals surface area contributed by atoms with E-state index in [0.29, 0.717) is 15.7 Å². The first-order chi connectivity index (χ1) is 8.97. The molecule has 0 spiro atoms. The van der Waals surface area contributed by atoms with E-state index in [4.69, 9.17) is 5.26 Å². The molecule has 0 aromatic heterocycles. The van der Waals surface area contributed by atoms with Crippen LogP contribution in [0.4, 0.5) is 5.69 Å². The maximum Gasteiger partial charge on any atom is 0.247 e. The Morgan fingerprint density at radius 3 is 2.68 bits per heavy atom. The fourth-order valence-corrected chi connectivity index (χ4v) is 2.08. The minimum atomic E-state index is -0.705. The first-order valence-corrected chi connectivity index (χ1v) is 6.79. The van der Waals surface area contributed by atoms with Crippen LogP contribution in [0.1, 0.15) is 12.5 Å². The Bertz CT molecular complexity index is 542. The van der Waals surface area contributed by atoms with Crippen molar-refractivity contribution in [2.24, 2.45) is 0 Å². The molecular formula is C12H12BrN3O2S. The van der Waals surface area contributed by atoms with Gasteiger partial charge in [0, 0.05) is 17.1 Å².